The lowest BCUT2D eigenvalue weighted by Gasteiger charge is -2.07. The molecule has 0 aliphatic rings. The number of nitrogens with zero attached hydrogens (tertiary/aromatic N) is 1. The number of para-hydroxylation sites is 1. The molecule has 10 heteroatoms. The Kier molecular flexibility index (Phi) is 7.94. The average Bonchev–Trinajstić information content (AvgIpc) is 3.25. The highest BCUT2D eigenvalue weighted by atomic mass is 35.5. The van der Waals surface area contributed by atoms with Gasteiger partial charge in [-0.25, -0.2) is 10.2 Å². The van der Waals surface area contributed by atoms with Gasteiger partial charge in [0.15, 0.2) is 0 Å². The summed E-state index contributed by atoms with van der Waals surface area (Å²) < 4.78 is 11.5. The van der Waals surface area contributed by atoms with Gasteiger partial charge in [-0.1, -0.05) is 41.9 Å². The molecule has 4 aromatic rings. The minimum atomic E-state index is -0.590. The number of ether oxygens (including phenoxy) is 2. The summed E-state index contributed by atoms with van der Waals surface area (Å²) in [6.07, 6.45) is 1.35. The van der Waals surface area contributed by atoms with Gasteiger partial charge in [0.2, 0.25) is 0 Å². The van der Waals surface area contributed by atoms with E-state index in [-0.39, 0.29) is 12.3 Å². The van der Waals surface area contributed by atoms with E-state index in [0.717, 1.165) is 10.1 Å². The van der Waals surface area contributed by atoms with Gasteiger partial charge in [-0.15, -0.1) is 11.3 Å². The zero-order chi connectivity index (χ0) is 25.5. The van der Waals surface area contributed by atoms with Crippen molar-refractivity contribution in [3.63, 3.8) is 0 Å². The van der Waals surface area contributed by atoms with Gasteiger partial charge in [-0.05, 0) is 42.5 Å². The number of hydrogen-bond donors (Lipinski definition) is 2. The first-order valence-corrected chi connectivity index (χ1v) is 11.9. The number of fused-ring (bicyclic) bond motifs is 1. The van der Waals surface area contributed by atoms with Gasteiger partial charge in [-0.2, -0.15) is 5.10 Å². The molecule has 0 aliphatic heterocycles. The number of rotatable bonds is 8. The van der Waals surface area contributed by atoms with Crippen molar-refractivity contribution < 1.29 is 23.9 Å². The third kappa shape index (κ3) is 5.88. The summed E-state index contributed by atoms with van der Waals surface area (Å²) in [7, 11) is 1.53. The number of hydrogen-bond acceptors (Lipinski definition) is 7. The van der Waals surface area contributed by atoms with Crippen molar-refractivity contribution in [2.75, 3.05) is 13.7 Å². The number of carbonyl (C=O) groups is 3. The smallest absolute Gasteiger partial charge is 0.355 e. The van der Waals surface area contributed by atoms with Crippen molar-refractivity contribution in [2.24, 2.45) is 5.10 Å². The van der Waals surface area contributed by atoms with E-state index in [4.69, 9.17) is 21.1 Å². The van der Waals surface area contributed by atoms with E-state index >= 15 is 0 Å². The Labute approximate surface area is 215 Å². The highest BCUT2D eigenvalue weighted by molar-refractivity contribution is 7.21. The fourth-order valence-corrected chi connectivity index (χ4v) is 4.57. The number of methoxy groups -OCH3 is 1. The molecule has 4 rings (SSSR count). The second-order valence-electron chi connectivity index (χ2n) is 7.37. The van der Waals surface area contributed by atoms with E-state index in [2.05, 4.69) is 15.8 Å². The van der Waals surface area contributed by atoms with E-state index < -0.39 is 17.8 Å². The summed E-state index contributed by atoms with van der Waals surface area (Å²) in [5, 5.41) is 7.54. The third-order valence-corrected chi connectivity index (χ3v) is 6.65. The number of esters is 1. The number of carbonyl (C=O) groups excluding carboxylic acids is 3. The van der Waals surface area contributed by atoms with Crippen molar-refractivity contribution in [1.29, 1.82) is 0 Å². The van der Waals surface area contributed by atoms with Crippen molar-refractivity contribution in [3.8, 4) is 11.5 Å². The maximum atomic E-state index is 12.8. The average molecular weight is 522 g/mol. The van der Waals surface area contributed by atoms with Gasteiger partial charge in [-0.3, -0.25) is 9.59 Å². The quantitative estimate of drug-likeness (QED) is 0.152. The molecule has 36 heavy (non-hydrogen) atoms. The lowest BCUT2D eigenvalue weighted by Crippen LogP contribution is -2.34. The molecular weight excluding hydrogens is 502 g/mol. The molecule has 0 aliphatic carbocycles. The molecule has 0 atom stereocenters. The van der Waals surface area contributed by atoms with Gasteiger partial charge in [0.05, 0.1) is 24.9 Å². The first-order valence-electron chi connectivity index (χ1n) is 10.7. The topological polar surface area (TPSA) is 106 Å². The zero-order valence-corrected chi connectivity index (χ0v) is 20.6. The van der Waals surface area contributed by atoms with E-state index in [9.17, 15) is 14.4 Å². The second-order valence-corrected chi connectivity index (χ2v) is 8.80. The van der Waals surface area contributed by atoms with Gasteiger partial charge < -0.3 is 14.8 Å². The number of nitrogens with one attached hydrogen (secondary N) is 2. The van der Waals surface area contributed by atoms with Crippen LogP contribution in [0.3, 0.4) is 0 Å². The molecule has 2 amide bonds. The Bertz CT molecular complexity index is 1450. The van der Waals surface area contributed by atoms with Crippen LogP contribution in [0.2, 0.25) is 5.02 Å². The molecule has 0 unspecified atom stereocenters. The summed E-state index contributed by atoms with van der Waals surface area (Å²) >= 11 is 7.63. The largest absolute Gasteiger partial charge is 0.497 e. The Hall–Kier alpha value is -4.21. The predicted molar refractivity (Wildman–Crippen MR) is 139 cm³/mol. The first-order chi connectivity index (χ1) is 17.5. The predicted octanol–water partition coefficient (Wildman–Crippen LogP) is 4.66. The molecule has 0 fully saturated rings. The Morgan fingerprint density at radius 1 is 1.00 bits per heavy atom. The summed E-state index contributed by atoms with van der Waals surface area (Å²) in [5.41, 5.74) is 3.19. The molecular formula is C26H20ClN3O5S. The van der Waals surface area contributed by atoms with Crippen molar-refractivity contribution >= 4 is 57.0 Å². The fourth-order valence-electron chi connectivity index (χ4n) is 3.19. The summed E-state index contributed by atoms with van der Waals surface area (Å²) in [6.45, 7) is -0.275. The van der Waals surface area contributed by atoms with E-state index in [1.165, 1.54) is 24.7 Å². The summed E-state index contributed by atoms with van der Waals surface area (Å²) in [6, 6.07) is 20.7. The van der Waals surface area contributed by atoms with Gasteiger partial charge >= 0.3 is 5.97 Å². The summed E-state index contributed by atoms with van der Waals surface area (Å²) in [4.78, 5) is 37.3. The first kappa shape index (κ1) is 24.9. The van der Waals surface area contributed by atoms with E-state index in [1.807, 2.05) is 24.3 Å². The van der Waals surface area contributed by atoms with Crippen LogP contribution in [0, 0.1) is 0 Å². The van der Waals surface area contributed by atoms with Gasteiger partial charge in [0.25, 0.3) is 11.8 Å². The molecule has 1 heterocycles. The van der Waals surface area contributed by atoms with Gasteiger partial charge in [0.1, 0.15) is 16.4 Å². The molecule has 0 radical (unpaired) electrons. The van der Waals surface area contributed by atoms with Crippen molar-refractivity contribution in [1.82, 2.24) is 10.7 Å². The van der Waals surface area contributed by atoms with Crippen molar-refractivity contribution in [3.05, 3.63) is 93.8 Å². The standard InChI is InChI=1S/C26H20ClN3O5S/c1-34-18-12-10-16(11-13-18)25(32)28-15-22(31)30-29-14-17-6-2-4-8-20(17)35-26(33)24-23(27)19-7-3-5-9-21(19)36-24/h2-14H,15H2,1H3,(H,28,32)(H,30,31)/b29-14-. The minimum absolute atomic E-state index is 0.252. The number of amides is 2. The normalized spacial score (nSPS) is 10.8. The molecule has 3 aromatic carbocycles. The maximum absolute atomic E-state index is 12.8. The highest BCUT2D eigenvalue weighted by Gasteiger charge is 2.19. The fraction of sp³-hybridized carbons (Fsp3) is 0.0769. The van der Waals surface area contributed by atoms with Crippen LogP contribution in [0.5, 0.6) is 11.5 Å². The second kappa shape index (κ2) is 11.5. The van der Waals surface area contributed by atoms with Crippen LogP contribution in [-0.4, -0.2) is 37.7 Å². The molecule has 1 aromatic heterocycles. The van der Waals surface area contributed by atoms with Crippen molar-refractivity contribution in [2.45, 2.75) is 0 Å². The number of halogens is 1. The zero-order valence-electron chi connectivity index (χ0n) is 19.0. The molecule has 2 N–H and O–H groups in total. The lowest BCUT2D eigenvalue weighted by molar-refractivity contribution is -0.120. The van der Waals surface area contributed by atoms with Crippen LogP contribution in [0.1, 0.15) is 25.6 Å². The number of hydrazone groups is 1. The number of benzene rings is 3. The Balaban J connectivity index is 1.34. The van der Waals surface area contributed by atoms with Crippen LogP contribution >= 0.6 is 22.9 Å². The molecule has 182 valence electrons. The minimum Gasteiger partial charge on any atom is -0.497 e. The van der Waals surface area contributed by atoms with E-state index in [0.29, 0.717) is 26.8 Å². The van der Waals surface area contributed by atoms with Crippen LogP contribution in [0.25, 0.3) is 10.1 Å². The lowest BCUT2D eigenvalue weighted by atomic mass is 10.2. The third-order valence-electron chi connectivity index (χ3n) is 5.00. The van der Waals surface area contributed by atoms with Gasteiger partial charge in [0, 0.05) is 21.2 Å². The Morgan fingerprint density at radius 2 is 1.72 bits per heavy atom. The highest BCUT2D eigenvalue weighted by Crippen LogP contribution is 2.36. The molecule has 8 nitrogen and oxygen atoms in total. The summed E-state index contributed by atoms with van der Waals surface area (Å²) in [5.74, 6) is -0.653. The molecule has 0 spiro atoms. The van der Waals surface area contributed by atoms with Crippen LogP contribution in [-0.2, 0) is 4.79 Å². The van der Waals surface area contributed by atoms with E-state index in [1.54, 1.807) is 48.5 Å². The monoisotopic (exact) mass is 521 g/mol. The SMILES string of the molecule is COc1ccc(C(=O)NCC(=O)N/N=C\c2ccccc2OC(=O)c2sc3ccccc3c2Cl)cc1. The number of thiophene rings is 1. The molecule has 0 bridgehead atoms. The molecule has 0 saturated carbocycles. The van der Waals surface area contributed by atoms with Crippen LogP contribution in [0.15, 0.2) is 77.9 Å². The molecule has 0 saturated heterocycles. The Morgan fingerprint density at radius 3 is 2.47 bits per heavy atom. The van der Waals surface area contributed by atoms with Crippen LogP contribution in [0.4, 0.5) is 0 Å². The van der Waals surface area contributed by atoms with Crippen LogP contribution < -0.4 is 20.2 Å². The maximum Gasteiger partial charge on any atom is 0.355 e.